The summed E-state index contributed by atoms with van der Waals surface area (Å²) < 4.78 is 4.73. The van der Waals surface area contributed by atoms with Crippen LogP contribution in [-0.4, -0.2) is 33.9 Å². The molecule has 0 aliphatic heterocycles. The van der Waals surface area contributed by atoms with E-state index in [2.05, 4.69) is 4.98 Å². The zero-order valence-electron chi connectivity index (χ0n) is 8.45. The molecule has 86 valence electrons. The van der Waals surface area contributed by atoms with Gasteiger partial charge in [0.1, 0.15) is 16.0 Å². The number of aliphatic hydroxyl groups is 2. The highest BCUT2D eigenvalue weighted by atomic mass is 32.1. The lowest BCUT2D eigenvalue weighted by molar-refractivity contribution is 0.0526. The Morgan fingerprint density at radius 3 is 3.00 bits per heavy atom. The van der Waals surface area contributed by atoms with Crippen molar-refractivity contribution in [1.82, 2.24) is 4.98 Å². The SMILES string of the molecule is CCOC(=O)c1cnc(C(O)C(O)C#N)s1. The number of rotatable bonds is 4. The number of aromatic nitrogens is 1. The standard InChI is InChI=1S/C9H10N2O4S/c1-2-15-9(14)6-4-11-8(16-6)7(13)5(12)3-10/h4-5,7,12-13H,2H2,1H3. The third-order valence-electron chi connectivity index (χ3n) is 1.68. The van der Waals surface area contributed by atoms with Gasteiger partial charge in [0, 0.05) is 0 Å². The van der Waals surface area contributed by atoms with Crippen molar-refractivity contribution >= 4 is 17.3 Å². The summed E-state index contributed by atoms with van der Waals surface area (Å²) in [6.07, 6.45) is -1.72. The van der Waals surface area contributed by atoms with E-state index in [-0.39, 0.29) is 16.5 Å². The van der Waals surface area contributed by atoms with E-state index >= 15 is 0 Å². The van der Waals surface area contributed by atoms with Crippen molar-refractivity contribution in [2.24, 2.45) is 0 Å². The predicted octanol–water partition coefficient (Wildman–Crippen LogP) is 0.238. The fourth-order valence-corrected chi connectivity index (χ4v) is 1.75. The van der Waals surface area contributed by atoms with Crippen LogP contribution in [0.15, 0.2) is 6.20 Å². The molecule has 0 aromatic carbocycles. The average Bonchev–Trinajstić information content (AvgIpc) is 2.76. The van der Waals surface area contributed by atoms with Crippen LogP contribution in [0.2, 0.25) is 0 Å². The van der Waals surface area contributed by atoms with Crippen molar-refractivity contribution in [3.05, 3.63) is 16.1 Å². The van der Waals surface area contributed by atoms with E-state index in [1.165, 1.54) is 12.3 Å². The minimum absolute atomic E-state index is 0.108. The molecule has 1 aromatic heterocycles. The minimum atomic E-state index is -1.55. The molecule has 2 N–H and O–H groups in total. The van der Waals surface area contributed by atoms with Gasteiger partial charge in [-0.05, 0) is 6.92 Å². The van der Waals surface area contributed by atoms with Crippen molar-refractivity contribution < 1.29 is 19.7 Å². The zero-order valence-corrected chi connectivity index (χ0v) is 9.27. The van der Waals surface area contributed by atoms with Gasteiger partial charge in [-0.3, -0.25) is 0 Å². The van der Waals surface area contributed by atoms with Gasteiger partial charge in [-0.25, -0.2) is 9.78 Å². The first kappa shape index (κ1) is 12.6. The van der Waals surface area contributed by atoms with Gasteiger partial charge < -0.3 is 14.9 Å². The summed E-state index contributed by atoms with van der Waals surface area (Å²) >= 11 is 0.886. The van der Waals surface area contributed by atoms with Gasteiger partial charge in [-0.2, -0.15) is 5.26 Å². The number of carbonyl (C=O) groups excluding carboxylic acids is 1. The summed E-state index contributed by atoms with van der Waals surface area (Å²) in [5.41, 5.74) is 0. The van der Waals surface area contributed by atoms with Crippen LogP contribution in [0, 0.1) is 11.3 Å². The van der Waals surface area contributed by atoms with E-state index in [9.17, 15) is 9.90 Å². The minimum Gasteiger partial charge on any atom is -0.462 e. The Kier molecular flexibility index (Phi) is 4.37. The molecule has 0 bridgehead atoms. The molecule has 1 rings (SSSR count). The van der Waals surface area contributed by atoms with Gasteiger partial charge in [0.25, 0.3) is 0 Å². The van der Waals surface area contributed by atoms with Crippen LogP contribution in [0.5, 0.6) is 0 Å². The third-order valence-corrected chi connectivity index (χ3v) is 2.73. The summed E-state index contributed by atoms with van der Waals surface area (Å²) in [5.74, 6) is -0.537. The first-order valence-corrected chi connectivity index (χ1v) is 5.30. The first-order valence-electron chi connectivity index (χ1n) is 4.48. The third kappa shape index (κ3) is 2.76. The summed E-state index contributed by atoms with van der Waals surface area (Å²) in [6, 6.07) is 1.48. The normalized spacial score (nSPS) is 13.9. The lowest BCUT2D eigenvalue weighted by Gasteiger charge is -2.06. The Labute approximate surface area is 95.7 Å². The molecule has 16 heavy (non-hydrogen) atoms. The predicted molar refractivity (Wildman–Crippen MR) is 54.7 cm³/mol. The van der Waals surface area contributed by atoms with Gasteiger partial charge in [-0.15, -0.1) is 11.3 Å². The van der Waals surface area contributed by atoms with Crippen molar-refractivity contribution in [1.29, 1.82) is 5.26 Å². The van der Waals surface area contributed by atoms with Gasteiger partial charge in [-0.1, -0.05) is 0 Å². The second kappa shape index (κ2) is 5.55. The van der Waals surface area contributed by atoms with E-state index in [4.69, 9.17) is 15.1 Å². The molecule has 0 fully saturated rings. The van der Waals surface area contributed by atoms with Gasteiger partial charge in [0.15, 0.2) is 6.10 Å². The second-order valence-corrected chi connectivity index (χ2v) is 3.86. The van der Waals surface area contributed by atoms with Crippen LogP contribution in [-0.2, 0) is 4.74 Å². The molecule has 0 spiro atoms. The Hall–Kier alpha value is -1.49. The summed E-state index contributed by atoms with van der Waals surface area (Å²) in [6.45, 7) is 1.92. The fraction of sp³-hybridized carbons (Fsp3) is 0.444. The van der Waals surface area contributed by atoms with Crippen molar-refractivity contribution in [2.75, 3.05) is 6.61 Å². The highest BCUT2D eigenvalue weighted by Gasteiger charge is 2.22. The topological polar surface area (TPSA) is 103 Å². The van der Waals surface area contributed by atoms with E-state index in [1.807, 2.05) is 0 Å². The highest BCUT2D eigenvalue weighted by molar-refractivity contribution is 7.13. The number of nitrogens with zero attached hydrogens (tertiary/aromatic N) is 2. The molecule has 0 radical (unpaired) electrons. The number of esters is 1. The summed E-state index contributed by atoms with van der Waals surface area (Å²) in [7, 11) is 0. The molecule has 2 atom stereocenters. The van der Waals surface area contributed by atoms with Crippen molar-refractivity contribution in [2.45, 2.75) is 19.1 Å². The van der Waals surface area contributed by atoms with E-state index in [0.29, 0.717) is 0 Å². The maximum atomic E-state index is 11.3. The van der Waals surface area contributed by atoms with Crippen LogP contribution >= 0.6 is 11.3 Å². The zero-order chi connectivity index (χ0) is 12.1. The molecule has 2 unspecified atom stereocenters. The lowest BCUT2D eigenvalue weighted by Crippen LogP contribution is -2.15. The fourth-order valence-electron chi connectivity index (χ4n) is 0.927. The Bertz CT molecular complexity index is 412. The number of ether oxygens (including phenoxy) is 1. The van der Waals surface area contributed by atoms with Gasteiger partial charge in [0.2, 0.25) is 0 Å². The molecule has 0 aliphatic rings. The largest absolute Gasteiger partial charge is 0.462 e. The molecule has 0 amide bonds. The smallest absolute Gasteiger partial charge is 0.349 e. The van der Waals surface area contributed by atoms with E-state index in [1.54, 1.807) is 6.92 Å². The van der Waals surface area contributed by atoms with Crippen LogP contribution in [0.1, 0.15) is 27.7 Å². The maximum Gasteiger partial charge on any atom is 0.349 e. The summed E-state index contributed by atoms with van der Waals surface area (Å²) in [5, 5.41) is 27.0. The molecule has 0 aliphatic carbocycles. The van der Waals surface area contributed by atoms with Crippen molar-refractivity contribution in [3.63, 3.8) is 0 Å². The number of thiazole rings is 1. The lowest BCUT2D eigenvalue weighted by atomic mass is 10.2. The van der Waals surface area contributed by atoms with Crippen molar-refractivity contribution in [3.8, 4) is 6.07 Å². The molecule has 1 heterocycles. The van der Waals surface area contributed by atoms with Crippen LogP contribution in [0.4, 0.5) is 0 Å². The Morgan fingerprint density at radius 1 is 1.75 bits per heavy atom. The number of hydrogen-bond acceptors (Lipinski definition) is 7. The number of hydrogen-bond donors (Lipinski definition) is 2. The second-order valence-electron chi connectivity index (χ2n) is 2.80. The number of carbonyl (C=O) groups is 1. The van der Waals surface area contributed by atoms with E-state index < -0.39 is 18.2 Å². The molecule has 1 aromatic rings. The molecular weight excluding hydrogens is 232 g/mol. The first-order chi connectivity index (χ1) is 7.60. The molecular formula is C9H10N2O4S. The van der Waals surface area contributed by atoms with E-state index in [0.717, 1.165) is 11.3 Å². The van der Waals surface area contributed by atoms with Crippen LogP contribution in [0.3, 0.4) is 0 Å². The Balaban J connectivity index is 2.79. The monoisotopic (exact) mass is 242 g/mol. The average molecular weight is 242 g/mol. The quantitative estimate of drug-likeness (QED) is 0.579. The Morgan fingerprint density at radius 2 is 2.44 bits per heavy atom. The highest BCUT2D eigenvalue weighted by Crippen LogP contribution is 2.23. The summed E-state index contributed by atoms with van der Waals surface area (Å²) in [4.78, 5) is 15.2. The molecule has 7 heteroatoms. The van der Waals surface area contributed by atoms with Gasteiger partial charge in [0.05, 0.1) is 18.9 Å². The van der Waals surface area contributed by atoms with Gasteiger partial charge >= 0.3 is 5.97 Å². The number of nitriles is 1. The van der Waals surface area contributed by atoms with Crippen LogP contribution < -0.4 is 0 Å². The molecule has 0 saturated carbocycles. The number of aliphatic hydroxyl groups excluding tert-OH is 2. The molecule has 0 saturated heterocycles. The maximum absolute atomic E-state index is 11.3. The van der Waals surface area contributed by atoms with Crippen LogP contribution in [0.25, 0.3) is 0 Å². The molecule has 6 nitrogen and oxygen atoms in total.